The van der Waals surface area contributed by atoms with E-state index in [1.165, 1.54) is 12.8 Å². The van der Waals surface area contributed by atoms with Gasteiger partial charge in [0, 0.05) is 25.3 Å². The summed E-state index contributed by atoms with van der Waals surface area (Å²) < 4.78 is 1.91. The number of piperidine rings is 1. The molecule has 5 heteroatoms. The number of aryl methyl sites for hydroxylation is 1. The lowest BCUT2D eigenvalue weighted by molar-refractivity contribution is -0.0642. The van der Waals surface area contributed by atoms with Crippen LogP contribution in [0.15, 0.2) is 12.5 Å². The minimum absolute atomic E-state index is 0.346. The maximum absolute atomic E-state index is 10.9. The van der Waals surface area contributed by atoms with Gasteiger partial charge in [-0.2, -0.15) is 0 Å². The monoisotopic (exact) mass is 250 g/mol. The van der Waals surface area contributed by atoms with E-state index in [1.54, 1.807) is 12.5 Å². The topological polar surface area (TPSA) is 67.3 Å². The Morgan fingerprint density at radius 1 is 1.39 bits per heavy atom. The van der Waals surface area contributed by atoms with Crippen molar-refractivity contribution >= 4 is 0 Å². The van der Waals surface area contributed by atoms with Crippen LogP contribution in [-0.2, 0) is 7.05 Å². The van der Waals surface area contributed by atoms with Crippen LogP contribution >= 0.6 is 0 Å². The highest BCUT2D eigenvalue weighted by atomic mass is 16.3. The Morgan fingerprint density at radius 2 is 2.00 bits per heavy atom. The third-order valence-corrected chi connectivity index (χ3v) is 4.91. The largest absolute Gasteiger partial charge is 0.388 e. The van der Waals surface area contributed by atoms with Crippen LogP contribution in [0, 0.1) is 0 Å². The van der Waals surface area contributed by atoms with Gasteiger partial charge in [0.2, 0.25) is 0 Å². The fourth-order valence-electron chi connectivity index (χ4n) is 3.68. The van der Waals surface area contributed by atoms with E-state index < -0.39 is 5.60 Å². The first-order chi connectivity index (χ1) is 8.51. The lowest BCUT2D eigenvalue weighted by Gasteiger charge is -2.45. The lowest BCUT2D eigenvalue weighted by Crippen LogP contribution is -2.54. The van der Waals surface area contributed by atoms with Gasteiger partial charge in [-0.25, -0.2) is 4.98 Å². The van der Waals surface area contributed by atoms with Crippen LogP contribution < -0.4 is 5.73 Å². The van der Waals surface area contributed by atoms with Gasteiger partial charge in [-0.3, -0.25) is 0 Å². The standard InChI is InChI=1S/C13H22N4O/c1-16-8-15-7-11(16)12(14)13(18)5-9-3-4-10(6-13)17(9)2/h7-10,12,18H,3-6,14H2,1-2H3. The van der Waals surface area contributed by atoms with Crippen molar-refractivity contribution in [3.8, 4) is 0 Å². The Balaban J connectivity index is 1.86. The summed E-state index contributed by atoms with van der Waals surface area (Å²) in [5, 5.41) is 10.9. The van der Waals surface area contributed by atoms with Gasteiger partial charge in [-0.1, -0.05) is 0 Å². The Morgan fingerprint density at radius 3 is 2.50 bits per heavy atom. The third kappa shape index (κ3) is 1.69. The van der Waals surface area contributed by atoms with Crippen LogP contribution in [0.2, 0.25) is 0 Å². The first-order valence-corrected chi connectivity index (χ1v) is 6.67. The van der Waals surface area contributed by atoms with Gasteiger partial charge in [0.15, 0.2) is 0 Å². The van der Waals surface area contributed by atoms with E-state index >= 15 is 0 Å². The number of nitrogens with zero attached hydrogens (tertiary/aromatic N) is 3. The van der Waals surface area contributed by atoms with Crippen molar-refractivity contribution in [2.75, 3.05) is 7.05 Å². The summed E-state index contributed by atoms with van der Waals surface area (Å²) in [5.41, 5.74) is 6.45. The number of nitrogens with two attached hydrogens (primary N) is 1. The molecule has 5 nitrogen and oxygen atoms in total. The second kappa shape index (κ2) is 4.05. The number of hydrogen-bond donors (Lipinski definition) is 2. The van der Waals surface area contributed by atoms with Crippen LogP contribution in [0.25, 0.3) is 0 Å². The molecular formula is C13H22N4O. The molecule has 2 bridgehead atoms. The van der Waals surface area contributed by atoms with Crippen molar-refractivity contribution in [2.24, 2.45) is 12.8 Å². The van der Waals surface area contributed by atoms with Gasteiger partial charge in [0.25, 0.3) is 0 Å². The summed E-state index contributed by atoms with van der Waals surface area (Å²) >= 11 is 0. The van der Waals surface area contributed by atoms with Crippen LogP contribution in [-0.4, -0.2) is 44.3 Å². The molecule has 2 aliphatic rings. The average Bonchev–Trinajstić information content (AvgIpc) is 2.82. The van der Waals surface area contributed by atoms with E-state index in [9.17, 15) is 5.11 Å². The molecule has 3 rings (SSSR count). The molecule has 18 heavy (non-hydrogen) atoms. The Labute approximate surface area is 108 Å². The summed E-state index contributed by atoms with van der Waals surface area (Å²) in [4.78, 5) is 6.51. The Bertz CT molecular complexity index is 430. The molecular weight excluding hydrogens is 228 g/mol. The molecule has 1 aromatic rings. The summed E-state index contributed by atoms with van der Waals surface area (Å²) in [7, 11) is 4.09. The van der Waals surface area contributed by atoms with E-state index in [4.69, 9.17) is 5.73 Å². The SMILES string of the molecule is CN1C2CCC1CC(O)(C(N)c1cncn1C)C2. The van der Waals surface area contributed by atoms with Gasteiger partial charge >= 0.3 is 0 Å². The maximum Gasteiger partial charge on any atom is 0.0946 e. The predicted molar refractivity (Wildman–Crippen MR) is 68.9 cm³/mol. The molecule has 3 unspecified atom stereocenters. The van der Waals surface area contributed by atoms with Crippen LogP contribution in [0.5, 0.6) is 0 Å². The fourth-order valence-corrected chi connectivity index (χ4v) is 3.68. The van der Waals surface area contributed by atoms with Crippen molar-refractivity contribution in [1.29, 1.82) is 0 Å². The molecule has 0 saturated carbocycles. The highest BCUT2D eigenvalue weighted by molar-refractivity contribution is 5.15. The molecule has 0 aliphatic carbocycles. The van der Waals surface area contributed by atoms with Gasteiger partial charge in [-0.05, 0) is 32.7 Å². The Hall–Kier alpha value is -0.910. The lowest BCUT2D eigenvalue weighted by atomic mass is 9.79. The summed E-state index contributed by atoms with van der Waals surface area (Å²) in [6, 6.07) is 0.614. The quantitative estimate of drug-likeness (QED) is 0.797. The van der Waals surface area contributed by atoms with Gasteiger partial charge < -0.3 is 20.3 Å². The van der Waals surface area contributed by atoms with E-state index in [-0.39, 0.29) is 6.04 Å². The molecule has 1 aromatic heterocycles. The summed E-state index contributed by atoms with van der Waals surface area (Å²) in [5.74, 6) is 0. The van der Waals surface area contributed by atoms with Crippen molar-refractivity contribution in [3.05, 3.63) is 18.2 Å². The molecule has 2 fully saturated rings. The molecule has 3 heterocycles. The molecule has 3 atom stereocenters. The summed E-state index contributed by atoms with van der Waals surface area (Å²) in [6.07, 6.45) is 7.41. The van der Waals surface area contributed by atoms with Crippen molar-refractivity contribution in [3.63, 3.8) is 0 Å². The van der Waals surface area contributed by atoms with E-state index in [0.29, 0.717) is 12.1 Å². The van der Waals surface area contributed by atoms with Crippen molar-refractivity contribution < 1.29 is 5.11 Å². The van der Waals surface area contributed by atoms with E-state index in [2.05, 4.69) is 16.9 Å². The smallest absolute Gasteiger partial charge is 0.0946 e. The predicted octanol–water partition coefficient (Wildman–Crippen LogP) is 0.408. The number of fused-ring (bicyclic) bond motifs is 2. The first-order valence-electron chi connectivity index (χ1n) is 6.67. The number of imidazole rings is 1. The molecule has 100 valence electrons. The maximum atomic E-state index is 10.9. The second-order valence-electron chi connectivity index (χ2n) is 5.97. The van der Waals surface area contributed by atoms with Crippen LogP contribution in [0.4, 0.5) is 0 Å². The van der Waals surface area contributed by atoms with Crippen molar-refractivity contribution in [1.82, 2.24) is 14.5 Å². The zero-order chi connectivity index (χ0) is 12.9. The average molecular weight is 250 g/mol. The highest BCUT2D eigenvalue weighted by Crippen LogP contribution is 2.44. The fraction of sp³-hybridized carbons (Fsp3) is 0.769. The molecule has 2 aliphatic heterocycles. The molecule has 0 amide bonds. The van der Waals surface area contributed by atoms with Crippen molar-refractivity contribution in [2.45, 2.75) is 49.4 Å². The van der Waals surface area contributed by atoms with Gasteiger partial charge in [-0.15, -0.1) is 0 Å². The Kier molecular flexibility index (Phi) is 2.73. The number of aliphatic hydroxyl groups is 1. The first kappa shape index (κ1) is 12.1. The zero-order valence-corrected chi connectivity index (χ0v) is 11.1. The third-order valence-electron chi connectivity index (χ3n) is 4.91. The molecule has 0 radical (unpaired) electrons. The number of aromatic nitrogens is 2. The van der Waals surface area contributed by atoms with Gasteiger partial charge in [0.05, 0.1) is 23.7 Å². The minimum atomic E-state index is -0.786. The number of rotatable bonds is 2. The molecule has 3 N–H and O–H groups in total. The molecule has 2 saturated heterocycles. The van der Waals surface area contributed by atoms with Crippen LogP contribution in [0.1, 0.15) is 37.4 Å². The van der Waals surface area contributed by atoms with Gasteiger partial charge in [0.1, 0.15) is 0 Å². The highest BCUT2D eigenvalue weighted by Gasteiger charge is 2.49. The zero-order valence-electron chi connectivity index (χ0n) is 11.1. The molecule has 0 spiro atoms. The van der Waals surface area contributed by atoms with E-state index in [0.717, 1.165) is 18.5 Å². The summed E-state index contributed by atoms with van der Waals surface area (Å²) in [6.45, 7) is 0. The van der Waals surface area contributed by atoms with E-state index in [1.807, 2.05) is 11.6 Å². The number of hydrogen-bond acceptors (Lipinski definition) is 4. The molecule has 0 aromatic carbocycles. The minimum Gasteiger partial charge on any atom is -0.388 e. The normalized spacial score (nSPS) is 38.0. The second-order valence-corrected chi connectivity index (χ2v) is 5.97. The van der Waals surface area contributed by atoms with Crippen LogP contribution in [0.3, 0.4) is 0 Å².